The summed E-state index contributed by atoms with van der Waals surface area (Å²) in [6, 6.07) is 36.2. The molecular formula is C34H35O2SiZr. The molecule has 0 saturated carbocycles. The van der Waals surface area contributed by atoms with E-state index in [4.69, 9.17) is 0 Å². The SMILES string of the molecule is C=C(C)[O-].C=C(C)[O-].C[SiH]C.[Zr+4].[c-]1cccc2c1Cc1ccccc1-2.[c-]1cccc2c1Cc1ccccc1-2. The van der Waals surface area contributed by atoms with Crippen LogP contribution in [-0.2, 0) is 39.0 Å². The van der Waals surface area contributed by atoms with Gasteiger partial charge in [0.25, 0.3) is 0 Å². The maximum Gasteiger partial charge on any atom is 4.00 e. The van der Waals surface area contributed by atoms with E-state index >= 15 is 0 Å². The van der Waals surface area contributed by atoms with E-state index in [9.17, 15) is 10.2 Å². The molecule has 0 N–H and O–H groups in total. The van der Waals surface area contributed by atoms with Gasteiger partial charge in [-0.25, -0.2) is 0 Å². The fourth-order valence-corrected chi connectivity index (χ4v) is 4.00. The Bertz CT molecular complexity index is 1120. The molecule has 0 aromatic heterocycles. The molecule has 6 rings (SSSR count). The molecule has 4 aromatic rings. The van der Waals surface area contributed by atoms with Gasteiger partial charge < -0.3 is 10.2 Å². The van der Waals surface area contributed by atoms with E-state index in [1.165, 1.54) is 58.4 Å². The molecule has 1 radical (unpaired) electrons. The Hall–Kier alpha value is -2.94. The molecular weight excluding hydrogens is 560 g/mol. The summed E-state index contributed by atoms with van der Waals surface area (Å²) in [5.41, 5.74) is 11.0. The topological polar surface area (TPSA) is 46.1 Å². The van der Waals surface area contributed by atoms with Gasteiger partial charge in [-0.05, 0) is 12.8 Å². The summed E-state index contributed by atoms with van der Waals surface area (Å²) in [5, 5.41) is 18.7. The molecule has 191 valence electrons. The van der Waals surface area contributed by atoms with Crippen molar-refractivity contribution in [1.29, 1.82) is 0 Å². The molecule has 4 heteroatoms. The van der Waals surface area contributed by atoms with E-state index in [-0.39, 0.29) is 37.7 Å². The Morgan fingerprint density at radius 2 is 0.921 bits per heavy atom. The summed E-state index contributed by atoms with van der Waals surface area (Å²) in [6.07, 6.45) is 2.10. The van der Waals surface area contributed by atoms with Gasteiger partial charge in [0.1, 0.15) is 0 Å². The molecule has 0 fully saturated rings. The molecule has 0 spiro atoms. The molecule has 2 nitrogen and oxygen atoms in total. The molecule has 38 heavy (non-hydrogen) atoms. The first-order chi connectivity index (χ1) is 17.8. The van der Waals surface area contributed by atoms with Crippen molar-refractivity contribution in [3.63, 3.8) is 0 Å². The summed E-state index contributed by atoms with van der Waals surface area (Å²) >= 11 is 0. The van der Waals surface area contributed by atoms with E-state index in [1.54, 1.807) is 0 Å². The summed E-state index contributed by atoms with van der Waals surface area (Å²) in [7, 11) is 0.750. The van der Waals surface area contributed by atoms with Crippen LogP contribution in [0, 0.1) is 12.1 Å². The Morgan fingerprint density at radius 1 is 0.632 bits per heavy atom. The quantitative estimate of drug-likeness (QED) is 0.116. The third kappa shape index (κ3) is 10.4. The maximum atomic E-state index is 9.33. The number of rotatable bonds is 0. The first-order valence-electron chi connectivity index (χ1n) is 12.3. The van der Waals surface area contributed by atoms with Crippen LogP contribution in [0.2, 0.25) is 13.1 Å². The average Bonchev–Trinajstić information content (AvgIpc) is 3.43. The number of hydrogen-bond donors (Lipinski definition) is 0. The van der Waals surface area contributed by atoms with E-state index in [0.717, 1.165) is 22.4 Å². The third-order valence-corrected chi connectivity index (χ3v) is 5.23. The van der Waals surface area contributed by atoms with Gasteiger partial charge in [0, 0.05) is 9.52 Å². The third-order valence-electron chi connectivity index (χ3n) is 5.23. The van der Waals surface area contributed by atoms with Crippen LogP contribution < -0.4 is 10.2 Å². The molecule has 0 bridgehead atoms. The van der Waals surface area contributed by atoms with Gasteiger partial charge in [-0.1, -0.05) is 97.7 Å². The van der Waals surface area contributed by atoms with Crippen molar-refractivity contribution in [1.82, 2.24) is 0 Å². The molecule has 0 amide bonds. The van der Waals surface area contributed by atoms with Crippen LogP contribution in [0.3, 0.4) is 0 Å². The second kappa shape index (κ2) is 17.5. The van der Waals surface area contributed by atoms with Gasteiger partial charge in [-0.3, -0.25) is 0 Å². The summed E-state index contributed by atoms with van der Waals surface area (Å²) in [6.45, 7) is 13.2. The van der Waals surface area contributed by atoms with Crippen LogP contribution in [-0.4, -0.2) is 9.52 Å². The van der Waals surface area contributed by atoms with Crippen molar-refractivity contribution in [3.8, 4) is 22.3 Å². The van der Waals surface area contributed by atoms with Crippen molar-refractivity contribution in [3.05, 3.63) is 144 Å². The van der Waals surface area contributed by atoms with Crippen molar-refractivity contribution < 1.29 is 36.4 Å². The summed E-state index contributed by atoms with van der Waals surface area (Å²) in [4.78, 5) is 0. The predicted octanol–water partition coefficient (Wildman–Crippen LogP) is 6.39. The van der Waals surface area contributed by atoms with Crippen LogP contribution in [0.4, 0.5) is 0 Å². The second-order valence-corrected chi connectivity index (χ2v) is 9.93. The van der Waals surface area contributed by atoms with E-state index in [2.05, 4.69) is 111 Å². The van der Waals surface area contributed by atoms with Gasteiger partial charge in [-0.2, -0.15) is 59.7 Å². The normalized spacial score (nSPS) is 10.2. The zero-order valence-electron chi connectivity index (χ0n) is 22.8. The van der Waals surface area contributed by atoms with Gasteiger partial charge in [-0.15, -0.1) is 35.8 Å². The van der Waals surface area contributed by atoms with Crippen molar-refractivity contribution in [2.75, 3.05) is 0 Å². The van der Waals surface area contributed by atoms with Crippen molar-refractivity contribution in [2.24, 2.45) is 0 Å². The van der Waals surface area contributed by atoms with E-state index in [0.29, 0.717) is 0 Å². The van der Waals surface area contributed by atoms with Crippen molar-refractivity contribution in [2.45, 2.75) is 39.8 Å². The first-order valence-corrected chi connectivity index (χ1v) is 14.6. The van der Waals surface area contributed by atoms with E-state index < -0.39 is 0 Å². The van der Waals surface area contributed by atoms with Gasteiger partial charge in [0.15, 0.2) is 0 Å². The second-order valence-electron chi connectivity index (χ2n) is 8.77. The molecule has 4 aromatic carbocycles. The van der Waals surface area contributed by atoms with Gasteiger partial charge in [0.2, 0.25) is 0 Å². The van der Waals surface area contributed by atoms with Gasteiger partial charge in [0.05, 0.1) is 0 Å². The Labute approximate surface area is 250 Å². The minimum absolute atomic E-state index is 0. The molecule has 2 aliphatic carbocycles. The molecule has 0 heterocycles. The van der Waals surface area contributed by atoms with Crippen LogP contribution in [0.1, 0.15) is 36.1 Å². The number of hydrogen-bond acceptors (Lipinski definition) is 2. The largest absolute Gasteiger partial charge is 4.00 e. The van der Waals surface area contributed by atoms with Crippen LogP contribution >= 0.6 is 0 Å². The van der Waals surface area contributed by atoms with Crippen LogP contribution in [0.25, 0.3) is 22.3 Å². The summed E-state index contributed by atoms with van der Waals surface area (Å²) in [5.74, 6) is -0.167. The minimum atomic E-state index is -0.0833. The first kappa shape index (κ1) is 33.1. The smallest absolute Gasteiger partial charge is 0.876 e. The van der Waals surface area contributed by atoms with Crippen LogP contribution in [0.5, 0.6) is 0 Å². The van der Waals surface area contributed by atoms with Crippen LogP contribution in [0.15, 0.2) is 110 Å². The van der Waals surface area contributed by atoms with E-state index in [1.807, 2.05) is 12.1 Å². The Morgan fingerprint density at radius 3 is 1.26 bits per heavy atom. The summed E-state index contributed by atoms with van der Waals surface area (Å²) < 4.78 is 0. The monoisotopic (exact) mass is 593 g/mol. The maximum absolute atomic E-state index is 9.33. The standard InChI is InChI=1S/2C13H9.2C3H6O.C2H7Si.Zr/c2*1-3-7-12-10(5-1)9-11-6-2-4-8-13(11)12;2*1-3(2)4;1-3-2;/h2*1-5,7-8H,9H2;2*4H,1H2,2H3;3H,1-2H3;/q2*-1;;;;+4/p-2. The Balaban J connectivity index is 0.000000272. The fourth-order valence-electron chi connectivity index (χ4n) is 4.00. The predicted molar refractivity (Wildman–Crippen MR) is 156 cm³/mol. The molecule has 2 aliphatic rings. The molecule has 0 aliphatic heterocycles. The number of fused-ring (bicyclic) bond motifs is 6. The zero-order valence-corrected chi connectivity index (χ0v) is 26.4. The average molecular weight is 595 g/mol. The van der Waals surface area contributed by atoms with Crippen molar-refractivity contribution >= 4 is 9.52 Å². The number of allylic oxidation sites excluding steroid dienone is 2. The zero-order chi connectivity index (χ0) is 27.2. The molecule has 0 atom stereocenters. The number of benzene rings is 4. The minimum Gasteiger partial charge on any atom is -0.876 e. The molecule has 0 saturated heterocycles. The Kier molecular flexibility index (Phi) is 15.3. The van der Waals surface area contributed by atoms with Gasteiger partial charge >= 0.3 is 26.2 Å². The fraction of sp³-hybridized carbons (Fsp3) is 0.176. The molecule has 0 unspecified atom stereocenters.